The van der Waals surface area contributed by atoms with Gasteiger partial charge in [0, 0.05) is 6.54 Å². The molecule has 1 amide bonds. The fraction of sp³-hybridized carbons (Fsp3) is 0.136. The number of nitrogens with zero attached hydrogens (tertiary/aromatic N) is 2. The Balaban J connectivity index is 1.64. The monoisotopic (exact) mass is 457 g/mol. The van der Waals surface area contributed by atoms with Crippen LogP contribution < -0.4 is 10.9 Å². The van der Waals surface area contributed by atoms with Crippen molar-refractivity contribution in [3.63, 3.8) is 0 Å². The Morgan fingerprint density at radius 3 is 2.40 bits per heavy atom. The van der Waals surface area contributed by atoms with E-state index < -0.39 is 0 Å². The first-order valence-electron chi connectivity index (χ1n) is 9.28. The van der Waals surface area contributed by atoms with Gasteiger partial charge in [0.15, 0.2) is 5.16 Å². The maximum absolute atomic E-state index is 13.0. The number of rotatable bonds is 5. The van der Waals surface area contributed by atoms with Crippen molar-refractivity contribution in [2.45, 2.75) is 18.6 Å². The average Bonchev–Trinajstić information content (AvgIpc) is 2.74. The maximum Gasteiger partial charge on any atom is 0.262 e. The van der Waals surface area contributed by atoms with Gasteiger partial charge in [-0.25, -0.2) is 4.98 Å². The van der Waals surface area contributed by atoms with Gasteiger partial charge in [0.25, 0.3) is 5.56 Å². The number of thioether (sulfide) groups is 1. The minimum atomic E-state index is -0.287. The van der Waals surface area contributed by atoms with Crippen molar-refractivity contribution in [1.29, 1.82) is 0 Å². The third-order valence-corrected chi connectivity index (χ3v) is 6.27. The van der Waals surface area contributed by atoms with E-state index in [-0.39, 0.29) is 17.2 Å². The molecular formula is C22H17Cl2N3O2S. The van der Waals surface area contributed by atoms with Gasteiger partial charge in [0.05, 0.1) is 32.4 Å². The molecule has 4 rings (SSSR count). The molecule has 30 heavy (non-hydrogen) atoms. The zero-order valence-corrected chi connectivity index (χ0v) is 18.3. The molecule has 0 unspecified atom stereocenters. The molecular weight excluding hydrogens is 441 g/mol. The normalized spacial score (nSPS) is 11.2. The van der Waals surface area contributed by atoms with E-state index in [0.717, 1.165) is 10.8 Å². The Labute approximate surface area is 187 Å². The van der Waals surface area contributed by atoms with Crippen molar-refractivity contribution in [2.75, 3.05) is 11.1 Å². The molecule has 0 radical (unpaired) electrons. The van der Waals surface area contributed by atoms with Gasteiger partial charge < -0.3 is 5.32 Å². The number of fused-ring (bicyclic) bond motifs is 2. The largest absolute Gasteiger partial charge is 0.323 e. The molecule has 3 aromatic carbocycles. The molecule has 0 spiro atoms. The summed E-state index contributed by atoms with van der Waals surface area (Å²) in [7, 11) is 0. The Morgan fingerprint density at radius 1 is 1.07 bits per heavy atom. The molecule has 0 aliphatic rings. The van der Waals surface area contributed by atoms with E-state index in [9.17, 15) is 9.59 Å². The summed E-state index contributed by atoms with van der Waals surface area (Å²) in [5.74, 6) is -0.224. The van der Waals surface area contributed by atoms with Gasteiger partial charge >= 0.3 is 0 Å². The van der Waals surface area contributed by atoms with Crippen LogP contribution in [0.2, 0.25) is 10.0 Å². The lowest BCUT2D eigenvalue weighted by Crippen LogP contribution is -2.23. The molecule has 1 aromatic heterocycles. The average molecular weight is 458 g/mol. The molecule has 5 nitrogen and oxygen atoms in total. The number of amides is 1. The number of hydrogen-bond donors (Lipinski definition) is 1. The molecule has 8 heteroatoms. The first kappa shape index (κ1) is 20.7. The van der Waals surface area contributed by atoms with Crippen molar-refractivity contribution in [1.82, 2.24) is 9.55 Å². The third-order valence-electron chi connectivity index (χ3n) is 4.66. The Bertz CT molecular complexity index is 1320. The highest BCUT2D eigenvalue weighted by atomic mass is 35.5. The predicted molar refractivity (Wildman–Crippen MR) is 125 cm³/mol. The van der Waals surface area contributed by atoms with Crippen LogP contribution in [0.3, 0.4) is 0 Å². The summed E-state index contributed by atoms with van der Waals surface area (Å²) >= 11 is 13.4. The quantitative estimate of drug-likeness (QED) is 0.240. The molecule has 0 atom stereocenters. The number of hydrogen-bond acceptors (Lipinski definition) is 4. The summed E-state index contributed by atoms with van der Waals surface area (Å²) in [6, 6.07) is 16.6. The highest BCUT2D eigenvalue weighted by Crippen LogP contribution is 2.30. The smallest absolute Gasteiger partial charge is 0.262 e. The number of anilines is 1. The van der Waals surface area contributed by atoms with Gasteiger partial charge in [0.2, 0.25) is 5.91 Å². The Hall–Kier alpha value is -2.54. The van der Waals surface area contributed by atoms with Crippen LogP contribution in [0.4, 0.5) is 5.69 Å². The number of aromatic nitrogens is 2. The number of carbonyl (C=O) groups is 1. The second-order valence-electron chi connectivity index (χ2n) is 6.59. The molecule has 1 N–H and O–H groups in total. The number of carbonyl (C=O) groups excluding carboxylic acids is 1. The minimum Gasteiger partial charge on any atom is -0.323 e. The molecule has 0 aliphatic carbocycles. The number of nitrogens with one attached hydrogen (secondary N) is 1. The van der Waals surface area contributed by atoms with Crippen LogP contribution in [0.15, 0.2) is 64.5 Å². The van der Waals surface area contributed by atoms with Gasteiger partial charge in [-0.15, -0.1) is 0 Å². The van der Waals surface area contributed by atoms with Crippen molar-refractivity contribution in [3.8, 4) is 0 Å². The van der Waals surface area contributed by atoms with E-state index in [2.05, 4.69) is 10.3 Å². The molecule has 0 fully saturated rings. The number of para-hydroxylation sites is 1. The van der Waals surface area contributed by atoms with Crippen LogP contribution in [-0.2, 0) is 11.3 Å². The second-order valence-corrected chi connectivity index (χ2v) is 8.35. The van der Waals surface area contributed by atoms with Crippen LogP contribution in [0, 0.1) is 0 Å². The van der Waals surface area contributed by atoms with Gasteiger partial charge in [-0.2, -0.15) is 0 Å². The van der Waals surface area contributed by atoms with E-state index in [1.54, 1.807) is 22.8 Å². The van der Waals surface area contributed by atoms with Crippen LogP contribution in [-0.4, -0.2) is 21.2 Å². The highest BCUT2D eigenvalue weighted by molar-refractivity contribution is 7.99. The lowest BCUT2D eigenvalue weighted by atomic mass is 10.1. The van der Waals surface area contributed by atoms with Crippen LogP contribution in [0.25, 0.3) is 21.7 Å². The zero-order chi connectivity index (χ0) is 21.3. The molecule has 0 saturated carbocycles. The summed E-state index contributed by atoms with van der Waals surface area (Å²) in [5.41, 5.74) is 0.864. The van der Waals surface area contributed by atoms with E-state index in [1.165, 1.54) is 11.8 Å². The van der Waals surface area contributed by atoms with E-state index >= 15 is 0 Å². The summed E-state index contributed by atoms with van der Waals surface area (Å²) in [4.78, 5) is 30.1. The van der Waals surface area contributed by atoms with Crippen molar-refractivity contribution >= 4 is 68.2 Å². The third kappa shape index (κ3) is 4.03. The maximum atomic E-state index is 13.0. The van der Waals surface area contributed by atoms with Gasteiger partial charge in [-0.05, 0) is 42.0 Å². The van der Waals surface area contributed by atoms with Crippen LogP contribution in [0.5, 0.6) is 0 Å². The van der Waals surface area contributed by atoms with E-state index in [1.807, 2.05) is 43.3 Å². The summed E-state index contributed by atoms with van der Waals surface area (Å²) in [5, 5.41) is 6.50. The second kappa shape index (κ2) is 8.68. The summed E-state index contributed by atoms with van der Waals surface area (Å²) in [6.45, 7) is 2.33. The van der Waals surface area contributed by atoms with E-state index in [0.29, 0.717) is 38.3 Å². The minimum absolute atomic E-state index is 0.0626. The van der Waals surface area contributed by atoms with Gasteiger partial charge in [0.1, 0.15) is 0 Å². The van der Waals surface area contributed by atoms with Crippen molar-refractivity contribution in [2.24, 2.45) is 0 Å². The van der Waals surface area contributed by atoms with Crippen LogP contribution in [0.1, 0.15) is 6.92 Å². The highest BCUT2D eigenvalue weighted by Gasteiger charge is 2.15. The molecule has 0 bridgehead atoms. The number of halogens is 2. The predicted octanol–water partition coefficient (Wildman–Crippen LogP) is 5.61. The van der Waals surface area contributed by atoms with Crippen molar-refractivity contribution < 1.29 is 4.79 Å². The zero-order valence-electron chi connectivity index (χ0n) is 16.0. The molecule has 152 valence electrons. The van der Waals surface area contributed by atoms with E-state index in [4.69, 9.17) is 23.2 Å². The molecule has 0 saturated heterocycles. The standard InChI is InChI=1S/C22H17Cl2N3O2S/c1-2-27-21(29)15-10-13-6-3-4-7-14(13)11-18(15)25-22(27)30-12-19(28)26-20-16(23)8-5-9-17(20)24/h3-11H,2,12H2,1H3,(H,26,28). The summed E-state index contributed by atoms with van der Waals surface area (Å²) in [6.07, 6.45) is 0. The first-order chi connectivity index (χ1) is 14.5. The van der Waals surface area contributed by atoms with Crippen LogP contribution >= 0.6 is 35.0 Å². The van der Waals surface area contributed by atoms with Crippen molar-refractivity contribution in [3.05, 3.63) is 75.0 Å². The van der Waals surface area contributed by atoms with Gasteiger partial charge in [-0.3, -0.25) is 14.2 Å². The Morgan fingerprint density at radius 2 is 1.73 bits per heavy atom. The lowest BCUT2D eigenvalue weighted by molar-refractivity contribution is -0.113. The molecule has 0 aliphatic heterocycles. The van der Waals surface area contributed by atoms with Gasteiger partial charge in [-0.1, -0.05) is 65.3 Å². The fourth-order valence-corrected chi connectivity index (χ4v) is 4.55. The Kier molecular flexibility index (Phi) is 5.99. The number of benzene rings is 3. The first-order valence-corrected chi connectivity index (χ1v) is 11.0. The summed E-state index contributed by atoms with van der Waals surface area (Å²) < 4.78 is 1.58. The molecule has 1 heterocycles. The topological polar surface area (TPSA) is 64.0 Å². The SMILES string of the molecule is CCn1c(SCC(=O)Nc2c(Cl)cccc2Cl)nc2cc3ccccc3cc2c1=O. The fourth-order valence-electron chi connectivity index (χ4n) is 3.20. The molecule has 4 aromatic rings. The lowest BCUT2D eigenvalue weighted by Gasteiger charge is -2.12.